The van der Waals surface area contributed by atoms with Crippen LogP contribution in [0.2, 0.25) is 0 Å². The fraction of sp³-hybridized carbons (Fsp3) is 0.433. The van der Waals surface area contributed by atoms with Gasteiger partial charge in [-0.1, -0.05) is 6.07 Å². The summed E-state index contributed by atoms with van der Waals surface area (Å²) in [5.74, 6) is 1.59. The molecule has 6 rings (SSSR count). The second-order valence-electron chi connectivity index (χ2n) is 10.8. The van der Waals surface area contributed by atoms with Crippen LogP contribution in [0.4, 0.5) is 16.3 Å². The molecule has 1 saturated heterocycles. The van der Waals surface area contributed by atoms with Gasteiger partial charge in [-0.05, 0) is 73.8 Å². The summed E-state index contributed by atoms with van der Waals surface area (Å²) in [4.78, 5) is 53.8. The van der Waals surface area contributed by atoms with Gasteiger partial charge in [-0.3, -0.25) is 9.59 Å². The number of methoxy groups -OCH3 is 1. The summed E-state index contributed by atoms with van der Waals surface area (Å²) in [5, 5.41) is 3.07. The van der Waals surface area contributed by atoms with Crippen molar-refractivity contribution in [3.05, 3.63) is 75.6 Å². The molecule has 4 heterocycles. The molecule has 2 aliphatic heterocycles. The number of carbonyl (C=O) groups is 2. The molecule has 40 heavy (non-hydrogen) atoms. The Hall–Kier alpha value is -4.21. The van der Waals surface area contributed by atoms with Crippen LogP contribution < -0.4 is 20.5 Å². The molecule has 1 fully saturated rings. The van der Waals surface area contributed by atoms with Gasteiger partial charge >= 0.3 is 6.03 Å². The average Bonchev–Trinajstić information content (AvgIpc) is 3.14. The van der Waals surface area contributed by atoms with Crippen LogP contribution in [0.25, 0.3) is 0 Å². The van der Waals surface area contributed by atoms with Gasteiger partial charge in [0, 0.05) is 55.6 Å². The second-order valence-corrected chi connectivity index (χ2v) is 10.8. The molecule has 1 atom stereocenters. The minimum Gasteiger partial charge on any atom is -0.497 e. The molecule has 208 valence electrons. The van der Waals surface area contributed by atoms with Crippen molar-refractivity contribution in [2.24, 2.45) is 0 Å². The zero-order valence-electron chi connectivity index (χ0n) is 22.7. The molecule has 3 aromatic rings. The van der Waals surface area contributed by atoms with E-state index in [9.17, 15) is 14.4 Å². The molecule has 10 heteroatoms. The number of ketones is 1. The van der Waals surface area contributed by atoms with Crippen molar-refractivity contribution in [1.29, 1.82) is 0 Å². The topological polar surface area (TPSA) is 121 Å². The highest BCUT2D eigenvalue weighted by Gasteiger charge is 2.31. The number of hydrogen-bond acceptors (Lipinski definition) is 7. The van der Waals surface area contributed by atoms with Gasteiger partial charge in [0.1, 0.15) is 23.6 Å². The lowest BCUT2D eigenvalue weighted by atomic mass is 9.82. The third-order valence-electron chi connectivity index (χ3n) is 8.49. The summed E-state index contributed by atoms with van der Waals surface area (Å²) in [6, 6.07) is 11.0. The van der Waals surface area contributed by atoms with Crippen LogP contribution in [0, 0.1) is 0 Å². The van der Waals surface area contributed by atoms with Gasteiger partial charge < -0.3 is 24.8 Å². The van der Waals surface area contributed by atoms with E-state index >= 15 is 0 Å². The predicted molar refractivity (Wildman–Crippen MR) is 151 cm³/mol. The third-order valence-corrected chi connectivity index (χ3v) is 8.49. The number of aromatic nitrogens is 3. The number of nitrogens with zero attached hydrogens (tertiary/aromatic N) is 4. The van der Waals surface area contributed by atoms with Crippen LogP contribution in [-0.4, -0.2) is 64.5 Å². The summed E-state index contributed by atoms with van der Waals surface area (Å²) < 4.78 is 5.35. The number of nitrogens with one attached hydrogen (secondary N) is 2. The summed E-state index contributed by atoms with van der Waals surface area (Å²) in [7, 11) is 1.65. The number of urea groups is 1. The number of rotatable bonds is 6. The van der Waals surface area contributed by atoms with Crippen molar-refractivity contribution in [2.75, 3.05) is 37.0 Å². The Labute approximate surface area is 232 Å². The van der Waals surface area contributed by atoms with Crippen LogP contribution in [0.1, 0.15) is 65.3 Å². The number of aryl methyl sites for hydroxylation is 1. The van der Waals surface area contributed by atoms with Crippen LogP contribution >= 0.6 is 0 Å². The number of ether oxygens (including phenoxy) is 1. The largest absolute Gasteiger partial charge is 0.497 e. The molecule has 1 aromatic carbocycles. The molecule has 2 amide bonds. The number of fused-ring (bicyclic) bond motifs is 2. The van der Waals surface area contributed by atoms with Crippen molar-refractivity contribution in [3.63, 3.8) is 0 Å². The SMILES string of the molecule is COc1ccc2c(c1)CCN(C1CCN(c3cc(C(=O)CC4CCCc5[nH]c(=O)ccc54)ncn3)CC1)C(=O)N2. The molecular weight excluding hydrogens is 508 g/mol. The van der Waals surface area contributed by atoms with E-state index in [1.807, 2.05) is 29.2 Å². The number of piperidine rings is 1. The van der Waals surface area contributed by atoms with E-state index in [-0.39, 0.29) is 29.3 Å². The van der Waals surface area contributed by atoms with E-state index in [0.29, 0.717) is 18.7 Å². The normalized spacial score (nSPS) is 19.3. The standard InChI is InChI=1S/C30H34N6O4/c1-40-22-5-7-24-20(15-22)9-14-36(30(39)34-24)21-10-12-35(13-11-21)28-17-26(31-18-32-28)27(37)16-19-3-2-4-25-23(19)6-8-29(38)33-25/h5-8,15,17-19,21H,2-4,9-14,16H2,1H3,(H,33,38)(H,34,39). The van der Waals surface area contributed by atoms with Crippen LogP contribution in [0.5, 0.6) is 5.75 Å². The van der Waals surface area contributed by atoms with Crippen molar-refractivity contribution in [2.45, 2.75) is 56.9 Å². The molecule has 0 saturated carbocycles. The van der Waals surface area contributed by atoms with E-state index in [1.165, 1.54) is 6.33 Å². The monoisotopic (exact) mass is 542 g/mol. The number of amides is 2. The van der Waals surface area contributed by atoms with E-state index in [2.05, 4.69) is 25.2 Å². The summed E-state index contributed by atoms with van der Waals surface area (Å²) in [6.45, 7) is 2.13. The first-order valence-electron chi connectivity index (χ1n) is 14.1. The number of hydrogen-bond donors (Lipinski definition) is 2. The molecule has 10 nitrogen and oxygen atoms in total. The summed E-state index contributed by atoms with van der Waals surface area (Å²) >= 11 is 0. The Kier molecular flexibility index (Phi) is 7.23. The van der Waals surface area contributed by atoms with Gasteiger partial charge in [0.05, 0.1) is 7.11 Å². The number of carbonyl (C=O) groups excluding carboxylic acids is 2. The number of anilines is 2. The molecule has 3 aliphatic rings. The fourth-order valence-corrected chi connectivity index (χ4v) is 6.32. The molecule has 1 unspecified atom stereocenters. The molecule has 2 N–H and O–H groups in total. The van der Waals surface area contributed by atoms with Crippen LogP contribution in [0.15, 0.2) is 47.5 Å². The van der Waals surface area contributed by atoms with Crippen LogP contribution in [-0.2, 0) is 12.8 Å². The van der Waals surface area contributed by atoms with Gasteiger partial charge in [-0.15, -0.1) is 0 Å². The van der Waals surface area contributed by atoms with Gasteiger partial charge in [0.15, 0.2) is 5.78 Å². The first-order chi connectivity index (χ1) is 19.5. The summed E-state index contributed by atoms with van der Waals surface area (Å²) in [6.07, 6.45) is 6.93. The molecule has 1 aliphatic carbocycles. The Balaban J connectivity index is 1.08. The highest BCUT2D eigenvalue weighted by atomic mass is 16.5. The molecule has 0 bridgehead atoms. The van der Waals surface area contributed by atoms with Gasteiger partial charge in [-0.2, -0.15) is 0 Å². The van der Waals surface area contributed by atoms with E-state index in [1.54, 1.807) is 19.2 Å². The maximum Gasteiger partial charge on any atom is 0.322 e. The van der Waals surface area contributed by atoms with Gasteiger partial charge in [-0.25, -0.2) is 14.8 Å². The maximum atomic E-state index is 13.2. The lowest BCUT2D eigenvalue weighted by Gasteiger charge is -2.38. The van der Waals surface area contributed by atoms with Crippen molar-refractivity contribution < 1.29 is 14.3 Å². The maximum absolute atomic E-state index is 13.2. The zero-order valence-corrected chi connectivity index (χ0v) is 22.7. The first kappa shape index (κ1) is 26.0. The molecule has 2 aromatic heterocycles. The van der Waals surface area contributed by atoms with Crippen molar-refractivity contribution in [1.82, 2.24) is 19.9 Å². The predicted octanol–water partition coefficient (Wildman–Crippen LogP) is 3.93. The van der Waals surface area contributed by atoms with Crippen LogP contribution in [0.3, 0.4) is 0 Å². The second kappa shape index (κ2) is 11.1. The lowest BCUT2D eigenvalue weighted by molar-refractivity contribution is 0.0965. The summed E-state index contributed by atoms with van der Waals surface area (Å²) in [5.41, 5.74) is 4.26. The first-order valence-corrected chi connectivity index (χ1v) is 14.1. The molecule has 0 spiro atoms. The van der Waals surface area contributed by atoms with E-state index < -0.39 is 0 Å². The van der Waals surface area contributed by atoms with E-state index in [0.717, 1.165) is 85.7 Å². The Morgan fingerprint density at radius 2 is 1.88 bits per heavy atom. The minimum atomic E-state index is -0.0998. The zero-order chi connectivity index (χ0) is 27.6. The van der Waals surface area contributed by atoms with Gasteiger partial charge in [0.2, 0.25) is 5.56 Å². The van der Waals surface area contributed by atoms with Crippen molar-refractivity contribution in [3.8, 4) is 5.75 Å². The van der Waals surface area contributed by atoms with E-state index in [4.69, 9.17) is 4.74 Å². The Morgan fingerprint density at radius 1 is 1.02 bits per heavy atom. The smallest absolute Gasteiger partial charge is 0.322 e. The Bertz CT molecular complexity index is 1480. The fourth-order valence-electron chi connectivity index (χ4n) is 6.32. The average molecular weight is 543 g/mol. The number of pyridine rings is 1. The Morgan fingerprint density at radius 3 is 2.70 bits per heavy atom. The molecule has 0 radical (unpaired) electrons. The molecular formula is C30H34N6O4. The third kappa shape index (κ3) is 5.30. The highest BCUT2D eigenvalue weighted by molar-refractivity contribution is 5.95. The number of H-pyrrole nitrogens is 1. The highest BCUT2D eigenvalue weighted by Crippen LogP contribution is 2.33. The number of Topliss-reactive ketones (excluding diaryl/α,β-unsaturated/α-hetero) is 1. The lowest BCUT2D eigenvalue weighted by Crippen LogP contribution is -2.49. The van der Waals surface area contributed by atoms with Crippen molar-refractivity contribution >= 4 is 23.3 Å². The minimum absolute atomic E-state index is 0.0139. The quantitative estimate of drug-likeness (QED) is 0.453. The number of benzene rings is 1. The number of aromatic amines is 1. The van der Waals surface area contributed by atoms with Gasteiger partial charge in [0.25, 0.3) is 0 Å².